The number of benzene rings is 1. The first-order valence-corrected chi connectivity index (χ1v) is 6.96. The van der Waals surface area contributed by atoms with Crippen LogP contribution >= 0.6 is 46.6 Å². The van der Waals surface area contributed by atoms with Crippen LogP contribution in [0, 0.1) is 0 Å². The van der Waals surface area contributed by atoms with Crippen LogP contribution in [-0.4, -0.2) is 4.98 Å². The Labute approximate surface area is 119 Å². The molecule has 0 bridgehead atoms. The Morgan fingerprint density at radius 2 is 1.65 bits per heavy atom. The molecular formula is C12H8Cl3NS. The van der Waals surface area contributed by atoms with Crippen molar-refractivity contribution in [3.05, 3.63) is 57.3 Å². The third-order valence-electron chi connectivity index (χ3n) is 2.07. The van der Waals surface area contributed by atoms with Crippen molar-refractivity contribution in [3.63, 3.8) is 0 Å². The van der Waals surface area contributed by atoms with Crippen molar-refractivity contribution in [3.8, 4) is 0 Å². The van der Waals surface area contributed by atoms with Gasteiger partial charge in [0, 0.05) is 15.7 Å². The summed E-state index contributed by atoms with van der Waals surface area (Å²) >= 11 is 19.3. The standard InChI is InChI=1S/C12H8Cl3NS/c13-8-1-3-9(4-2-8)17-7-11-10(14)5-6-12(15)16-11/h1-6H,7H2. The molecule has 5 heteroatoms. The first kappa shape index (κ1) is 13.0. The van der Waals surface area contributed by atoms with E-state index >= 15 is 0 Å². The van der Waals surface area contributed by atoms with Gasteiger partial charge in [0.2, 0.25) is 0 Å². The van der Waals surface area contributed by atoms with Gasteiger partial charge < -0.3 is 0 Å². The van der Waals surface area contributed by atoms with Gasteiger partial charge in [-0.05, 0) is 36.4 Å². The van der Waals surface area contributed by atoms with Gasteiger partial charge in [-0.1, -0.05) is 34.8 Å². The second kappa shape index (κ2) is 5.96. The lowest BCUT2D eigenvalue weighted by Crippen LogP contribution is -1.88. The van der Waals surface area contributed by atoms with Gasteiger partial charge >= 0.3 is 0 Å². The van der Waals surface area contributed by atoms with Gasteiger partial charge in [0.25, 0.3) is 0 Å². The molecule has 0 unspecified atom stereocenters. The molecule has 0 aliphatic rings. The summed E-state index contributed by atoms with van der Waals surface area (Å²) in [6.45, 7) is 0. The predicted octanol–water partition coefficient (Wildman–Crippen LogP) is 5.33. The number of hydrogen-bond donors (Lipinski definition) is 0. The number of pyridine rings is 1. The molecule has 0 atom stereocenters. The Balaban J connectivity index is 2.07. The zero-order chi connectivity index (χ0) is 12.3. The summed E-state index contributed by atoms with van der Waals surface area (Å²) in [5.74, 6) is 0.682. The van der Waals surface area contributed by atoms with Gasteiger partial charge in [0.05, 0.1) is 10.7 Å². The van der Waals surface area contributed by atoms with E-state index in [1.54, 1.807) is 23.9 Å². The van der Waals surface area contributed by atoms with Gasteiger partial charge in [-0.2, -0.15) is 0 Å². The monoisotopic (exact) mass is 303 g/mol. The number of halogens is 3. The second-order valence-electron chi connectivity index (χ2n) is 3.31. The van der Waals surface area contributed by atoms with Crippen LogP contribution in [0.3, 0.4) is 0 Å². The van der Waals surface area contributed by atoms with E-state index in [1.807, 2.05) is 24.3 Å². The maximum atomic E-state index is 6.03. The molecule has 0 aliphatic carbocycles. The molecule has 0 fully saturated rings. The van der Waals surface area contributed by atoms with E-state index in [-0.39, 0.29) is 0 Å². The number of nitrogens with zero attached hydrogens (tertiary/aromatic N) is 1. The van der Waals surface area contributed by atoms with E-state index in [9.17, 15) is 0 Å². The molecule has 1 heterocycles. The summed E-state index contributed by atoms with van der Waals surface area (Å²) in [5, 5.41) is 1.82. The summed E-state index contributed by atoms with van der Waals surface area (Å²) in [6.07, 6.45) is 0. The molecule has 0 aliphatic heterocycles. The average Bonchev–Trinajstić information content (AvgIpc) is 2.32. The van der Waals surface area contributed by atoms with Crippen LogP contribution in [0.1, 0.15) is 5.69 Å². The first-order chi connectivity index (χ1) is 8.15. The summed E-state index contributed by atoms with van der Waals surface area (Å²) in [6, 6.07) is 11.1. The van der Waals surface area contributed by atoms with Crippen molar-refractivity contribution in [2.75, 3.05) is 0 Å². The van der Waals surface area contributed by atoms with E-state index < -0.39 is 0 Å². The smallest absolute Gasteiger partial charge is 0.129 e. The predicted molar refractivity (Wildman–Crippen MR) is 75.3 cm³/mol. The van der Waals surface area contributed by atoms with Crippen LogP contribution < -0.4 is 0 Å². The van der Waals surface area contributed by atoms with E-state index in [0.29, 0.717) is 15.9 Å². The molecule has 2 aromatic rings. The van der Waals surface area contributed by atoms with Crippen molar-refractivity contribution in [1.82, 2.24) is 4.98 Å². The molecule has 1 aromatic carbocycles. The zero-order valence-corrected chi connectivity index (χ0v) is 11.7. The van der Waals surface area contributed by atoms with Crippen LogP contribution in [0.5, 0.6) is 0 Å². The Morgan fingerprint density at radius 3 is 2.35 bits per heavy atom. The lowest BCUT2D eigenvalue weighted by Gasteiger charge is -2.04. The largest absolute Gasteiger partial charge is 0.239 e. The van der Waals surface area contributed by atoms with E-state index in [4.69, 9.17) is 34.8 Å². The number of rotatable bonds is 3. The highest BCUT2D eigenvalue weighted by Gasteiger charge is 2.04. The lowest BCUT2D eigenvalue weighted by atomic mass is 10.4. The minimum absolute atomic E-state index is 0.459. The molecule has 0 amide bonds. The van der Waals surface area contributed by atoms with E-state index in [0.717, 1.165) is 15.6 Å². The first-order valence-electron chi connectivity index (χ1n) is 4.84. The van der Waals surface area contributed by atoms with Gasteiger partial charge in [-0.25, -0.2) is 4.98 Å². The van der Waals surface area contributed by atoms with E-state index in [1.165, 1.54) is 0 Å². The van der Waals surface area contributed by atoms with Crippen molar-refractivity contribution >= 4 is 46.6 Å². The molecule has 0 saturated carbocycles. The normalized spacial score (nSPS) is 10.5. The zero-order valence-electron chi connectivity index (χ0n) is 8.66. The quantitative estimate of drug-likeness (QED) is 0.561. The minimum Gasteiger partial charge on any atom is -0.239 e. The average molecular weight is 305 g/mol. The molecule has 1 aromatic heterocycles. The second-order valence-corrected chi connectivity index (χ2v) is 5.58. The van der Waals surface area contributed by atoms with Crippen LogP contribution in [-0.2, 0) is 5.75 Å². The maximum absolute atomic E-state index is 6.03. The van der Waals surface area contributed by atoms with Crippen molar-refractivity contribution in [2.24, 2.45) is 0 Å². The molecule has 2 rings (SSSR count). The third-order valence-corrected chi connectivity index (χ3v) is 3.90. The molecule has 0 radical (unpaired) electrons. The number of thioether (sulfide) groups is 1. The van der Waals surface area contributed by atoms with Gasteiger partial charge in [0.1, 0.15) is 5.15 Å². The Hall–Kier alpha value is -0.410. The molecule has 17 heavy (non-hydrogen) atoms. The summed E-state index contributed by atoms with van der Waals surface area (Å²) in [7, 11) is 0. The fourth-order valence-electron chi connectivity index (χ4n) is 1.24. The fraction of sp³-hybridized carbons (Fsp3) is 0.0833. The minimum atomic E-state index is 0.459. The van der Waals surface area contributed by atoms with Crippen molar-refractivity contribution < 1.29 is 0 Å². The van der Waals surface area contributed by atoms with E-state index in [2.05, 4.69) is 4.98 Å². The van der Waals surface area contributed by atoms with Crippen LogP contribution in [0.25, 0.3) is 0 Å². The molecule has 0 N–H and O–H groups in total. The van der Waals surface area contributed by atoms with Crippen LogP contribution in [0.2, 0.25) is 15.2 Å². The Bertz CT molecular complexity index is 514. The molecule has 0 saturated heterocycles. The van der Waals surface area contributed by atoms with Gasteiger partial charge in [0.15, 0.2) is 0 Å². The molecular weight excluding hydrogens is 297 g/mol. The third kappa shape index (κ3) is 3.78. The highest BCUT2D eigenvalue weighted by molar-refractivity contribution is 7.98. The topological polar surface area (TPSA) is 12.9 Å². The number of aromatic nitrogens is 1. The highest BCUT2D eigenvalue weighted by Crippen LogP contribution is 2.27. The van der Waals surface area contributed by atoms with Crippen LogP contribution in [0.4, 0.5) is 0 Å². The summed E-state index contributed by atoms with van der Waals surface area (Å²) in [5.41, 5.74) is 0.791. The van der Waals surface area contributed by atoms with Crippen LogP contribution in [0.15, 0.2) is 41.3 Å². The number of hydrogen-bond acceptors (Lipinski definition) is 2. The SMILES string of the molecule is Clc1ccc(SCc2nc(Cl)ccc2Cl)cc1. The fourth-order valence-corrected chi connectivity index (χ4v) is 2.64. The maximum Gasteiger partial charge on any atom is 0.129 e. The highest BCUT2D eigenvalue weighted by atomic mass is 35.5. The summed E-state index contributed by atoms with van der Waals surface area (Å²) in [4.78, 5) is 5.31. The molecule has 1 nitrogen and oxygen atoms in total. The lowest BCUT2D eigenvalue weighted by molar-refractivity contribution is 1.17. The van der Waals surface area contributed by atoms with Gasteiger partial charge in [-0.3, -0.25) is 0 Å². The molecule has 88 valence electrons. The van der Waals surface area contributed by atoms with Crippen molar-refractivity contribution in [2.45, 2.75) is 10.6 Å². The summed E-state index contributed by atoms with van der Waals surface area (Å²) < 4.78 is 0. The Kier molecular flexibility index (Phi) is 4.57. The molecule has 0 spiro atoms. The van der Waals surface area contributed by atoms with Gasteiger partial charge in [-0.15, -0.1) is 11.8 Å². The van der Waals surface area contributed by atoms with Crippen molar-refractivity contribution in [1.29, 1.82) is 0 Å². The Morgan fingerprint density at radius 1 is 0.941 bits per heavy atom.